The fraction of sp³-hybridized carbons (Fsp3) is 0.625. The first-order valence-electron chi connectivity index (χ1n) is 3.27. The summed E-state index contributed by atoms with van der Waals surface area (Å²) in [6.45, 7) is 4.47. The van der Waals surface area contributed by atoms with Crippen molar-refractivity contribution in [1.29, 1.82) is 0 Å². The van der Waals surface area contributed by atoms with Gasteiger partial charge in [-0.2, -0.15) is 0 Å². The van der Waals surface area contributed by atoms with Crippen molar-refractivity contribution < 1.29 is 0 Å². The van der Waals surface area contributed by atoms with Gasteiger partial charge < -0.3 is 0 Å². The van der Waals surface area contributed by atoms with Gasteiger partial charge in [-0.3, -0.25) is 0 Å². The summed E-state index contributed by atoms with van der Waals surface area (Å²) in [5.41, 5.74) is 3.18. The minimum atomic E-state index is 1.23. The Kier molecular flexibility index (Phi) is 1.72. The first-order valence-corrected chi connectivity index (χ1v) is 3.27. The van der Waals surface area contributed by atoms with E-state index in [1.807, 2.05) is 0 Å². The molecule has 0 aromatic carbocycles. The molecule has 1 aliphatic rings. The molecule has 0 saturated heterocycles. The Hall–Kier alpha value is -0.260. The minimum Gasteiger partial charge on any atom is -0.0744 e. The third-order valence-electron chi connectivity index (χ3n) is 1.90. The van der Waals surface area contributed by atoms with Gasteiger partial charge in [0.05, 0.1) is 0 Å². The molecule has 0 fully saturated rings. The van der Waals surface area contributed by atoms with E-state index < -0.39 is 0 Å². The summed E-state index contributed by atoms with van der Waals surface area (Å²) in [4.78, 5) is 0. The van der Waals surface area contributed by atoms with Crippen molar-refractivity contribution in [2.24, 2.45) is 0 Å². The van der Waals surface area contributed by atoms with Crippen LogP contribution >= 0.6 is 0 Å². The van der Waals surface area contributed by atoms with Crippen molar-refractivity contribution in [1.82, 2.24) is 0 Å². The Morgan fingerprint density at radius 2 is 2.00 bits per heavy atom. The maximum Gasteiger partial charge on any atom is -0.0289 e. The molecule has 0 aromatic rings. The fourth-order valence-electron chi connectivity index (χ4n) is 1.02. The molecule has 0 saturated carbocycles. The molecule has 0 bridgehead atoms. The van der Waals surface area contributed by atoms with Gasteiger partial charge in [-0.05, 0) is 39.5 Å². The first kappa shape index (κ1) is 5.87. The summed E-state index contributed by atoms with van der Waals surface area (Å²) in [5, 5.41) is 0. The normalized spacial score (nSPS) is 21.8. The molecule has 0 atom stereocenters. The monoisotopic (exact) mass is 109 g/mol. The molecule has 0 aliphatic heterocycles. The molecule has 0 heterocycles. The maximum atomic E-state index is 2.36. The lowest BCUT2D eigenvalue weighted by Gasteiger charge is -2.12. The van der Waals surface area contributed by atoms with Crippen LogP contribution in [0.1, 0.15) is 33.1 Å². The number of allylic oxidation sites excluding steroid dienone is 2. The van der Waals surface area contributed by atoms with Crippen LogP contribution in [0.4, 0.5) is 0 Å². The molecule has 1 rings (SSSR count). The summed E-state index contributed by atoms with van der Waals surface area (Å²) < 4.78 is 0. The van der Waals surface area contributed by atoms with Crippen molar-refractivity contribution in [2.75, 3.05) is 0 Å². The van der Waals surface area contributed by atoms with Crippen LogP contribution in [0.2, 0.25) is 0 Å². The number of rotatable bonds is 0. The molecule has 0 spiro atoms. The summed E-state index contributed by atoms with van der Waals surface area (Å²) >= 11 is 0. The molecule has 0 aromatic heterocycles. The standard InChI is InChI=1S/C8H13/c1-7-5-3-4-6-8(7)2/h3H,4-6H2,1-2H3. The van der Waals surface area contributed by atoms with Crippen molar-refractivity contribution in [3.8, 4) is 0 Å². The predicted molar refractivity (Wildman–Crippen MR) is 36.5 cm³/mol. The highest BCUT2D eigenvalue weighted by Crippen LogP contribution is 2.22. The van der Waals surface area contributed by atoms with Crippen molar-refractivity contribution >= 4 is 0 Å². The van der Waals surface area contributed by atoms with Crippen LogP contribution in [0.3, 0.4) is 0 Å². The Morgan fingerprint density at radius 3 is 2.38 bits per heavy atom. The van der Waals surface area contributed by atoms with Gasteiger partial charge in [0.1, 0.15) is 0 Å². The van der Waals surface area contributed by atoms with Crippen LogP contribution < -0.4 is 0 Å². The Labute approximate surface area is 51.6 Å². The van der Waals surface area contributed by atoms with Crippen molar-refractivity contribution in [2.45, 2.75) is 33.1 Å². The highest BCUT2D eigenvalue weighted by atomic mass is 14.1. The Balaban J connectivity index is 2.60. The zero-order valence-corrected chi connectivity index (χ0v) is 5.70. The Bertz CT molecular complexity index is 95.2. The largest absolute Gasteiger partial charge is 0.0744 e. The van der Waals surface area contributed by atoms with Crippen molar-refractivity contribution in [3.05, 3.63) is 17.6 Å². The molecule has 0 amide bonds. The molecular formula is C8H13. The second-order valence-corrected chi connectivity index (χ2v) is 2.59. The third-order valence-corrected chi connectivity index (χ3v) is 1.90. The van der Waals surface area contributed by atoms with E-state index in [4.69, 9.17) is 0 Å². The molecular weight excluding hydrogens is 96.1 g/mol. The van der Waals surface area contributed by atoms with Gasteiger partial charge in [-0.25, -0.2) is 0 Å². The van der Waals surface area contributed by atoms with E-state index in [1.165, 1.54) is 19.3 Å². The Morgan fingerprint density at radius 1 is 1.25 bits per heavy atom. The van der Waals surface area contributed by atoms with Gasteiger partial charge in [0.15, 0.2) is 0 Å². The lowest BCUT2D eigenvalue weighted by atomic mass is 9.94. The zero-order chi connectivity index (χ0) is 5.98. The fourth-order valence-corrected chi connectivity index (χ4v) is 1.02. The first-order chi connectivity index (χ1) is 3.80. The van der Waals surface area contributed by atoms with Gasteiger partial charge in [-0.15, -0.1) is 0 Å². The van der Waals surface area contributed by atoms with E-state index in [0.29, 0.717) is 0 Å². The molecule has 0 heteroatoms. The van der Waals surface area contributed by atoms with E-state index in [9.17, 15) is 0 Å². The predicted octanol–water partition coefficient (Wildman–Crippen LogP) is 2.71. The van der Waals surface area contributed by atoms with E-state index in [1.54, 1.807) is 11.1 Å². The quantitative estimate of drug-likeness (QED) is 0.419. The van der Waals surface area contributed by atoms with Crippen LogP contribution in [-0.4, -0.2) is 0 Å². The third kappa shape index (κ3) is 1.12. The maximum absolute atomic E-state index is 2.36. The van der Waals surface area contributed by atoms with Gasteiger partial charge in [0.2, 0.25) is 0 Å². The second-order valence-electron chi connectivity index (χ2n) is 2.59. The zero-order valence-electron chi connectivity index (χ0n) is 5.70. The average Bonchev–Trinajstić information content (AvgIpc) is 1.77. The number of hydrogen-bond acceptors (Lipinski definition) is 0. The molecule has 1 aliphatic carbocycles. The van der Waals surface area contributed by atoms with E-state index in [0.717, 1.165) is 0 Å². The van der Waals surface area contributed by atoms with Crippen LogP contribution in [0.25, 0.3) is 0 Å². The highest BCUT2D eigenvalue weighted by Gasteiger charge is 2.02. The van der Waals surface area contributed by atoms with E-state index >= 15 is 0 Å². The summed E-state index contributed by atoms with van der Waals surface area (Å²) in [6.07, 6.45) is 6.18. The smallest absolute Gasteiger partial charge is 0.0289 e. The molecule has 0 unspecified atom stereocenters. The number of hydrogen-bond donors (Lipinski definition) is 0. The van der Waals surface area contributed by atoms with Crippen LogP contribution in [0.5, 0.6) is 0 Å². The SMILES string of the molecule is CC1=C(C)CC[CH]C1. The summed E-state index contributed by atoms with van der Waals surface area (Å²) in [5.74, 6) is 0. The van der Waals surface area contributed by atoms with Gasteiger partial charge >= 0.3 is 0 Å². The van der Waals surface area contributed by atoms with Crippen molar-refractivity contribution in [3.63, 3.8) is 0 Å². The van der Waals surface area contributed by atoms with Gasteiger partial charge in [0.25, 0.3) is 0 Å². The lowest BCUT2D eigenvalue weighted by Crippen LogP contribution is -1.93. The van der Waals surface area contributed by atoms with Gasteiger partial charge in [0, 0.05) is 0 Å². The summed E-state index contributed by atoms with van der Waals surface area (Å²) in [7, 11) is 0. The highest BCUT2D eigenvalue weighted by molar-refractivity contribution is 5.15. The topological polar surface area (TPSA) is 0 Å². The molecule has 45 valence electrons. The molecule has 0 nitrogen and oxygen atoms in total. The van der Waals surface area contributed by atoms with Crippen LogP contribution in [0.15, 0.2) is 11.1 Å². The van der Waals surface area contributed by atoms with E-state index in [2.05, 4.69) is 20.3 Å². The average molecular weight is 109 g/mol. The van der Waals surface area contributed by atoms with Crippen LogP contribution in [-0.2, 0) is 0 Å². The van der Waals surface area contributed by atoms with E-state index in [-0.39, 0.29) is 0 Å². The second kappa shape index (κ2) is 2.34. The molecule has 8 heavy (non-hydrogen) atoms. The molecule has 0 N–H and O–H groups in total. The lowest BCUT2D eigenvalue weighted by molar-refractivity contribution is 0.806. The minimum absolute atomic E-state index is 1.23. The molecule has 1 radical (unpaired) electrons. The van der Waals surface area contributed by atoms with Gasteiger partial charge in [-0.1, -0.05) is 11.1 Å². The van der Waals surface area contributed by atoms with Crippen LogP contribution in [0, 0.1) is 6.42 Å². The summed E-state index contributed by atoms with van der Waals surface area (Å²) in [6, 6.07) is 0.